The number of furan rings is 1. The Bertz CT molecular complexity index is 757. The molecule has 5 heteroatoms. The Morgan fingerprint density at radius 2 is 1.88 bits per heavy atom. The van der Waals surface area contributed by atoms with Gasteiger partial charge in [0.25, 0.3) is 0 Å². The molecule has 2 aromatic rings. The van der Waals surface area contributed by atoms with Crippen LogP contribution in [-0.2, 0) is 0 Å². The molecule has 0 saturated heterocycles. The van der Waals surface area contributed by atoms with E-state index in [1.54, 1.807) is 42.5 Å². The van der Waals surface area contributed by atoms with Crippen molar-refractivity contribution < 1.29 is 23.4 Å². The average molecular weight is 340 g/mol. The van der Waals surface area contributed by atoms with Crippen molar-refractivity contribution in [2.45, 2.75) is 0 Å². The summed E-state index contributed by atoms with van der Waals surface area (Å²) >= 11 is 0. The minimum absolute atomic E-state index is 0.246. The summed E-state index contributed by atoms with van der Waals surface area (Å²) in [6.45, 7) is 7.81. The smallest absolute Gasteiger partial charge is 0.193 e. The van der Waals surface area contributed by atoms with Crippen molar-refractivity contribution in [2.24, 2.45) is 0 Å². The van der Waals surface area contributed by atoms with Crippen molar-refractivity contribution in [3.05, 3.63) is 73.2 Å². The van der Waals surface area contributed by atoms with Gasteiger partial charge in [0, 0.05) is 12.1 Å². The van der Waals surface area contributed by atoms with Crippen LogP contribution in [0, 0.1) is 0 Å². The van der Waals surface area contributed by atoms with E-state index in [1.807, 2.05) is 0 Å². The Balaban J connectivity index is 2.39. The molecule has 0 spiro atoms. The molecule has 0 aliphatic heterocycles. The first-order valence-corrected chi connectivity index (χ1v) is 7.65. The van der Waals surface area contributed by atoms with Crippen molar-refractivity contribution in [3.8, 4) is 17.2 Å². The summed E-state index contributed by atoms with van der Waals surface area (Å²) in [5.41, 5.74) is 0.304. The quantitative estimate of drug-likeness (QED) is 0.366. The van der Waals surface area contributed by atoms with Gasteiger partial charge in [0.05, 0.1) is 13.4 Å². The number of carbonyl (C=O) groups excluding carboxylic acids is 1. The summed E-state index contributed by atoms with van der Waals surface area (Å²) in [5, 5.41) is 0. The first-order valence-electron chi connectivity index (χ1n) is 7.65. The zero-order valence-electron chi connectivity index (χ0n) is 14.1. The molecule has 0 bridgehead atoms. The minimum Gasteiger partial charge on any atom is -0.496 e. The highest BCUT2D eigenvalue weighted by atomic mass is 16.5. The molecule has 130 valence electrons. The molecule has 1 heterocycles. The Morgan fingerprint density at radius 1 is 1.16 bits per heavy atom. The molecule has 0 radical (unpaired) electrons. The van der Waals surface area contributed by atoms with Gasteiger partial charge < -0.3 is 18.6 Å². The number of ether oxygens (including phenoxy) is 3. The molecule has 0 aliphatic rings. The predicted molar refractivity (Wildman–Crippen MR) is 96.5 cm³/mol. The van der Waals surface area contributed by atoms with Crippen molar-refractivity contribution in [1.29, 1.82) is 0 Å². The first kappa shape index (κ1) is 18.1. The number of ketones is 1. The van der Waals surface area contributed by atoms with Crippen LogP contribution in [0.15, 0.2) is 66.3 Å². The number of hydrogen-bond donors (Lipinski definition) is 0. The van der Waals surface area contributed by atoms with Gasteiger partial charge in [-0.15, -0.1) is 0 Å². The van der Waals surface area contributed by atoms with Gasteiger partial charge in [-0.1, -0.05) is 25.3 Å². The van der Waals surface area contributed by atoms with Crippen molar-refractivity contribution in [2.75, 3.05) is 20.3 Å². The fraction of sp³-hybridized carbons (Fsp3) is 0.150. The number of rotatable bonds is 10. The lowest BCUT2D eigenvalue weighted by Crippen LogP contribution is -2.06. The summed E-state index contributed by atoms with van der Waals surface area (Å²) in [4.78, 5) is 12.7. The Hall–Kier alpha value is -3.21. The predicted octanol–water partition coefficient (Wildman–Crippen LogP) is 4.31. The van der Waals surface area contributed by atoms with Crippen LogP contribution < -0.4 is 14.2 Å². The highest BCUT2D eigenvalue weighted by Gasteiger charge is 2.19. The molecule has 0 unspecified atom stereocenters. The Kier molecular flexibility index (Phi) is 6.65. The number of carbonyl (C=O) groups is 1. The minimum atomic E-state index is -0.275. The van der Waals surface area contributed by atoms with Gasteiger partial charge >= 0.3 is 0 Å². The van der Waals surface area contributed by atoms with Crippen LogP contribution >= 0.6 is 0 Å². The average Bonchev–Trinajstić information content (AvgIpc) is 3.15. The van der Waals surface area contributed by atoms with E-state index in [-0.39, 0.29) is 12.4 Å². The Labute approximate surface area is 146 Å². The van der Waals surface area contributed by atoms with E-state index >= 15 is 0 Å². The normalized spacial score (nSPS) is 10.4. The molecule has 0 aliphatic carbocycles. The summed E-state index contributed by atoms with van der Waals surface area (Å²) in [6.07, 6.45) is 7.75. The van der Waals surface area contributed by atoms with Gasteiger partial charge in [-0.25, -0.2) is 0 Å². The van der Waals surface area contributed by atoms with E-state index in [4.69, 9.17) is 18.6 Å². The molecular formula is C20H20O5. The molecule has 1 aromatic carbocycles. The van der Waals surface area contributed by atoms with Crippen LogP contribution in [0.1, 0.15) is 16.1 Å². The van der Waals surface area contributed by atoms with E-state index in [2.05, 4.69) is 13.2 Å². The molecule has 0 saturated carbocycles. The van der Waals surface area contributed by atoms with Gasteiger partial charge in [-0.05, 0) is 24.3 Å². The first-order chi connectivity index (χ1) is 12.2. The zero-order valence-corrected chi connectivity index (χ0v) is 14.1. The standard InChI is InChI=1S/C20H20O5/c1-4-10-23-16-13-18(22-3)20(19(14-16)25-11-5-2)17(21)9-8-15-7-6-12-24-15/h4-9,12-14H,1-2,10-11H2,3H3/b9-8+. The van der Waals surface area contributed by atoms with Crippen LogP contribution in [-0.4, -0.2) is 26.1 Å². The summed E-state index contributed by atoms with van der Waals surface area (Å²) in [5.74, 6) is 1.53. The topological polar surface area (TPSA) is 57.9 Å². The molecule has 0 atom stereocenters. The largest absolute Gasteiger partial charge is 0.496 e. The molecule has 0 fully saturated rings. The molecule has 0 N–H and O–H groups in total. The molecule has 0 amide bonds. The van der Waals surface area contributed by atoms with Gasteiger partial charge in [-0.2, -0.15) is 0 Å². The molecule has 2 rings (SSSR count). The molecule has 25 heavy (non-hydrogen) atoms. The Morgan fingerprint density at radius 3 is 2.52 bits per heavy atom. The second-order valence-corrected chi connectivity index (χ2v) is 4.91. The lowest BCUT2D eigenvalue weighted by atomic mass is 10.1. The van der Waals surface area contributed by atoms with Crippen molar-refractivity contribution in [1.82, 2.24) is 0 Å². The number of hydrogen-bond acceptors (Lipinski definition) is 5. The van der Waals surface area contributed by atoms with Gasteiger partial charge in [0.15, 0.2) is 5.78 Å². The lowest BCUT2D eigenvalue weighted by molar-refractivity contribution is 0.104. The van der Waals surface area contributed by atoms with E-state index < -0.39 is 0 Å². The number of methoxy groups -OCH3 is 1. The SMILES string of the molecule is C=CCOc1cc(OC)c(C(=O)/C=C/c2ccco2)c(OCC=C)c1. The van der Waals surface area contributed by atoms with Gasteiger partial charge in [-0.3, -0.25) is 4.79 Å². The van der Waals surface area contributed by atoms with Crippen LogP contribution in [0.2, 0.25) is 0 Å². The van der Waals surface area contributed by atoms with Crippen molar-refractivity contribution >= 4 is 11.9 Å². The van der Waals surface area contributed by atoms with Crippen LogP contribution in [0.4, 0.5) is 0 Å². The van der Waals surface area contributed by atoms with E-state index in [9.17, 15) is 4.79 Å². The third-order valence-corrected chi connectivity index (χ3v) is 3.17. The van der Waals surface area contributed by atoms with Gasteiger partial charge in [0.2, 0.25) is 0 Å². The lowest BCUT2D eigenvalue weighted by Gasteiger charge is -2.15. The van der Waals surface area contributed by atoms with Crippen LogP contribution in [0.5, 0.6) is 17.2 Å². The molecular weight excluding hydrogens is 320 g/mol. The highest BCUT2D eigenvalue weighted by molar-refractivity contribution is 6.10. The fourth-order valence-electron chi connectivity index (χ4n) is 2.10. The van der Waals surface area contributed by atoms with Crippen LogP contribution in [0.3, 0.4) is 0 Å². The zero-order chi connectivity index (χ0) is 18.1. The third-order valence-electron chi connectivity index (χ3n) is 3.17. The summed E-state index contributed by atoms with van der Waals surface area (Å²) < 4.78 is 21.7. The second-order valence-electron chi connectivity index (χ2n) is 4.91. The van der Waals surface area contributed by atoms with Crippen molar-refractivity contribution in [3.63, 3.8) is 0 Å². The highest BCUT2D eigenvalue weighted by Crippen LogP contribution is 2.35. The maximum Gasteiger partial charge on any atom is 0.193 e. The van der Waals surface area contributed by atoms with E-state index in [1.165, 1.54) is 19.4 Å². The second kappa shape index (κ2) is 9.17. The molecule has 5 nitrogen and oxygen atoms in total. The number of benzene rings is 1. The maximum atomic E-state index is 12.7. The summed E-state index contributed by atoms with van der Waals surface area (Å²) in [6, 6.07) is 6.78. The van der Waals surface area contributed by atoms with E-state index in [0.717, 1.165) is 0 Å². The van der Waals surface area contributed by atoms with Crippen LogP contribution in [0.25, 0.3) is 6.08 Å². The fourth-order valence-corrected chi connectivity index (χ4v) is 2.10. The maximum absolute atomic E-state index is 12.7. The number of allylic oxidation sites excluding steroid dienone is 1. The van der Waals surface area contributed by atoms with Gasteiger partial charge in [0.1, 0.15) is 41.8 Å². The monoisotopic (exact) mass is 340 g/mol. The third kappa shape index (κ3) is 4.88. The van der Waals surface area contributed by atoms with E-state index in [0.29, 0.717) is 35.2 Å². The summed E-state index contributed by atoms with van der Waals surface area (Å²) in [7, 11) is 1.48. The molecule has 1 aromatic heterocycles.